The zero-order chi connectivity index (χ0) is 22.7. The van der Waals surface area contributed by atoms with E-state index in [1.807, 2.05) is 0 Å². The second kappa shape index (κ2) is 12.9. The van der Waals surface area contributed by atoms with Crippen molar-refractivity contribution >= 4 is 42.3 Å². The first kappa shape index (κ1) is 25.5. The maximum Gasteiger partial charge on any atom is 0.325 e. The van der Waals surface area contributed by atoms with E-state index in [1.165, 1.54) is 6.92 Å². The Morgan fingerprint density at radius 3 is 2.37 bits per heavy atom. The predicted molar refractivity (Wildman–Crippen MR) is 114 cm³/mol. The summed E-state index contributed by atoms with van der Waals surface area (Å²) in [4.78, 5) is 52.2. The van der Waals surface area contributed by atoms with Crippen molar-refractivity contribution in [3.63, 3.8) is 0 Å². The number of rotatable bonds is 12. The van der Waals surface area contributed by atoms with Crippen LogP contribution in [0.25, 0.3) is 0 Å². The summed E-state index contributed by atoms with van der Waals surface area (Å²) in [6.45, 7) is 2.27. The third-order valence-electron chi connectivity index (χ3n) is 4.50. The number of nitrogens with zero attached hydrogens (tertiary/aromatic N) is 1. The van der Waals surface area contributed by atoms with Crippen LogP contribution in [0.3, 0.4) is 0 Å². The molecule has 0 radical (unpaired) electrons. The molecule has 1 aliphatic heterocycles. The van der Waals surface area contributed by atoms with Gasteiger partial charge in [-0.05, 0) is 39.2 Å². The first-order chi connectivity index (χ1) is 14.1. The largest absolute Gasteiger partial charge is 0.480 e. The summed E-state index contributed by atoms with van der Waals surface area (Å²) in [5.41, 5.74) is 10.5. The molecule has 1 aliphatic rings. The average molecular weight is 446 g/mol. The fourth-order valence-corrected chi connectivity index (χ4v) is 3.05. The first-order valence-corrected chi connectivity index (χ1v) is 10.3. The van der Waals surface area contributed by atoms with Gasteiger partial charge in [0.15, 0.2) is 5.96 Å². The number of thiol groups is 1. The Kier molecular flexibility index (Phi) is 11.0. The standard InChI is InChI=1S/C17H31N7O5S/c1-9(16(28)29)22-14(26)11(5-3-7-21-17(18)19)23-15(27)12(8-30)24-13(25)10-4-2-6-20-10/h9-12,20,30H,2-8H2,1H3,(H,22,26)(H,23,27)(H,24,25)(H,28,29)(H4,18,19,21). The Morgan fingerprint density at radius 2 is 1.83 bits per heavy atom. The van der Waals surface area contributed by atoms with Crippen molar-refractivity contribution in [3.8, 4) is 0 Å². The van der Waals surface area contributed by atoms with Crippen molar-refractivity contribution in [1.29, 1.82) is 0 Å². The van der Waals surface area contributed by atoms with Crippen LogP contribution in [-0.2, 0) is 19.2 Å². The minimum atomic E-state index is -1.21. The third kappa shape index (κ3) is 8.86. The quantitative estimate of drug-likeness (QED) is 0.0685. The van der Waals surface area contributed by atoms with Gasteiger partial charge < -0.3 is 37.8 Å². The van der Waals surface area contributed by atoms with Gasteiger partial charge in [0, 0.05) is 12.3 Å². The summed E-state index contributed by atoms with van der Waals surface area (Å²) in [5, 5.41) is 19.5. The van der Waals surface area contributed by atoms with E-state index in [0.717, 1.165) is 13.0 Å². The number of nitrogens with two attached hydrogens (primary N) is 2. The number of aliphatic carboxylic acids is 1. The Balaban J connectivity index is 2.75. The molecule has 4 unspecified atom stereocenters. The Labute approximate surface area is 180 Å². The van der Waals surface area contributed by atoms with Gasteiger partial charge in [0.2, 0.25) is 17.7 Å². The number of carboxylic acids is 1. The summed E-state index contributed by atoms with van der Waals surface area (Å²) in [7, 11) is 0. The van der Waals surface area contributed by atoms with Gasteiger partial charge >= 0.3 is 5.97 Å². The van der Waals surface area contributed by atoms with Gasteiger partial charge in [-0.2, -0.15) is 12.6 Å². The molecule has 1 heterocycles. The van der Waals surface area contributed by atoms with Crippen LogP contribution >= 0.6 is 12.6 Å². The van der Waals surface area contributed by atoms with Gasteiger partial charge in [-0.15, -0.1) is 0 Å². The predicted octanol–water partition coefficient (Wildman–Crippen LogP) is -2.72. The molecule has 0 bridgehead atoms. The van der Waals surface area contributed by atoms with E-state index < -0.39 is 35.9 Å². The number of guanidine groups is 1. The second-order valence-corrected chi connectivity index (χ2v) is 7.34. The van der Waals surface area contributed by atoms with E-state index in [9.17, 15) is 19.2 Å². The highest BCUT2D eigenvalue weighted by Gasteiger charge is 2.30. The summed E-state index contributed by atoms with van der Waals surface area (Å²) in [6.07, 6.45) is 2.07. The topological polar surface area (TPSA) is 201 Å². The summed E-state index contributed by atoms with van der Waals surface area (Å²) in [6, 6.07) is -3.48. The molecule has 13 heteroatoms. The molecule has 0 aliphatic carbocycles. The van der Waals surface area contributed by atoms with Crippen LogP contribution < -0.4 is 32.7 Å². The number of hydrogen-bond acceptors (Lipinski definition) is 7. The lowest BCUT2D eigenvalue weighted by atomic mass is 10.1. The number of nitrogens with one attached hydrogen (secondary N) is 4. The molecule has 9 N–H and O–H groups in total. The van der Waals surface area contributed by atoms with Gasteiger partial charge in [-0.25, -0.2) is 0 Å². The number of hydrogen-bond donors (Lipinski definition) is 8. The fourth-order valence-electron chi connectivity index (χ4n) is 2.80. The fraction of sp³-hybridized carbons (Fsp3) is 0.706. The van der Waals surface area contributed by atoms with Gasteiger partial charge in [-0.1, -0.05) is 0 Å². The number of amides is 3. The van der Waals surface area contributed by atoms with E-state index in [4.69, 9.17) is 16.6 Å². The maximum absolute atomic E-state index is 12.6. The molecule has 0 spiro atoms. The van der Waals surface area contributed by atoms with Crippen LogP contribution in [0.4, 0.5) is 0 Å². The third-order valence-corrected chi connectivity index (χ3v) is 4.86. The molecule has 1 rings (SSSR count). The van der Waals surface area contributed by atoms with Crippen molar-refractivity contribution in [1.82, 2.24) is 21.3 Å². The van der Waals surface area contributed by atoms with Crippen LogP contribution in [0.1, 0.15) is 32.6 Å². The normalized spacial score (nSPS) is 18.5. The van der Waals surface area contributed by atoms with Gasteiger partial charge in [0.1, 0.15) is 18.1 Å². The first-order valence-electron chi connectivity index (χ1n) is 9.69. The van der Waals surface area contributed by atoms with Crippen LogP contribution in [-0.4, -0.2) is 77.8 Å². The smallest absolute Gasteiger partial charge is 0.325 e. The van der Waals surface area contributed by atoms with Gasteiger partial charge in [-0.3, -0.25) is 24.2 Å². The van der Waals surface area contributed by atoms with Crippen LogP contribution in [0.2, 0.25) is 0 Å². The number of carboxylic acid groups (broad SMARTS) is 1. The molecule has 0 saturated carbocycles. The van der Waals surface area contributed by atoms with E-state index in [0.29, 0.717) is 12.8 Å². The zero-order valence-corrected chi connectivity index (χ0v) is 17.8. The molecule has 0 aromatic heterocycles. The number of carbonyl (C=O) groups excluding carboxylic acids is 3. The number of carbonyl (C=O) groups is 4. The monoisotopic (exact) mass is 445 g/mol. The van der Waals surface area contributed by atoms with Crippen LogP contribution in [0, 0.1) is 0 Å². The van der Waals surface area contributed by atoms with Gasteiger partial charge in [0.25, 0.3) is 0 Å². The van der Waals surface area contributed by atoms with Crippen LogP contribution in [0.5, 0.6) is 0 Å². The van der Waals surface area contributed by atoms with E-state index in [-0.39, 0.29) is 36.6 Å². The van der Waals surface area contributed by atoms with Crippen molar-refractivity contribution in [2.75, 3.05) is 18.8 Å². The van der Waals surface area contributed by atoms with E-state index in [2.05, 4.69) is 38.9 Å². The van der Waals surface area contributed by atoms with E-state index in [1.54, 1.807) is 0 Å². The average Bonchev–Trinajstić information content (AvgIpc) is 3.22. The molecule has 0 aromatic carbocycles. The van der Waals surface area contributed by atoms with E-state index >= 15 is 0 Å². The minimum absolute atomic E-state index is 0.0260. The summed E-state index contributed by atoms with van der Waals surface area (Å²) >= 11 is 4.12. The molecule has 12 nitrogen and oxygen atoms in total. The molecule has 3 amide bonds. The lowest BCUT2D eigenvalue weighted by Crippen LogP contribution is -2.57. The molecule has 4 atom stereocenters. The molecule has 1 fully saturated rings. The van der Waals surface area contributed by atoms with Crippen molar-refractivity contribution in [2.24, 2.45) is 16.5 Å². The van der Waals surface area contributed by atoms with Crippen molar-refractivity contribution < 1.29 is 24.3 Å². The molecule has 0 aromatic rings. The summed E-state index contributed by atoms with van der Waals surface area (Å²) in [5.74, 6) is -2.85. The minimum Gasteiger partial charge on any atom is -0.480 e. The van der Waals surface area contributed by atoms with Crippen molar-refractivity contribution in [3.05, 3.63) is 0 Å². The Hall–Kier alpha value is -2.54. The second-order valence-electron chi connectivity index (χ2n) is 6.97. The maximum atomic E-state index is 12.6. The molecule has 1 saturated heterocycles. The number of aliphatic imine (C=N–C) groups is 1. The Bertz CT molecular complexity index is 650. The highest BCUT2D eigenvalue weighted by atomic mass is 32.1. The SMILES string of the molecule is CC(NC(=O)C(CCCN=C(N)N)NC(=O)C(CS)NC(=O)C1CCCN1)C(=O)O. The lowest BCUT2D eigenvalue weighted by Gasteiger charge is -2.24. The van der Waals surface area contributed by atoms with Crippen molar-refractivity contribution in [2.45, 2.75) is 56.8 Å². The highest BCUT2D eigenvalue weighted by molar-refractivity contribution is 7.80. The van der Waals surface area contributed by atoms with Gasteiger partial charge in [0.05, 0.1) is 6.04 Å². The molecular weight excluding hydrogens is 414 g/mol. The highest BCUT2D eigenvalue weighted by Crippen LogP contribution is 2.06. The summed E-state index contributed by atoms with van der Waals surface area (Å²) < 4.78 is 0. The molecule has 170 valence electrons. The van der Waals surface area contributed by atoms with Crippen LogP contribution in [0.15, 0.2) is 4.99 Å². The molecular formula is C17H31N7O5S. The Morgan fingerprint density at radius 1 is 1.17 bits per heavy atom. The molecule has 30 heavy (non-hydrogen) atoms. The lowest BCUT2D eigenvalue weighted by molar-refractivity contribution is -0.141. The zero-order valence-electron chi connectivity index (χ0n) is 16.9.